The molecule has 0 bridgehead atoms. The van der Waals surface area contributed by atoms with E-state index in [-0.39, 0.29) is 6.61 Å². The van der Waals surface area contributed by atoms with E-state index >= 15 is 0 Å². The first-order chi connectivity index (χ1) is 13.6. The molecule has 0 amide bonds. The molecule has 0 saturated carbocycles. The van der Waals surface area contributed by atoms with E-state index in [1.807, 2.05) is 12.3 Å². The average molecular weight is 424 g/mol. The van der Waals surface area contributed by atoms with Gasteiger partial charge in [0.05, 0.1) is 5.69 Å². The van der Waals surface area contributed by atoms with Crippen LogP contribution in [0.1, 0.15) is 48.9 Å². The van der Waals surface area contributed by atoms with Crippen LogP contribution in [0, 0.1) is 0 Å². The largest absolute Gasteiger partial charge is 0.694 e. The van der Waals surface area contributed by atoms with Crippen LogP contribution < -0.4 is 5.32 Å². The highest BCUT2D eigenvalue weighted by atomic mass is 35.5. The molecule has 7 heteroatoms. The van der Waals surface area contributed by atoms with Gasteiger partial charge >= 0.3 is 8.25 Å². The molecule has 5 nitrogen and oxygen atoms in total. The third-order valence-corrected chi connectivity index (χ3v) is 5.25. The molecule has 152 valence electrons. The minimum Gasteiger partial charge on any atom is -0.311 e. The molecule has 0 aliphatic carbocycles. The Hall–Kier alpha value is -1.36. The number of hydrogen-bond acceptors (Lipinski definition) is 4. The second-order valence-electron chi connectivity index (χ2n) is 6.77. The Morgan fingerprint density at radius 1 is 1.07 bits per heavy atom. The summed E-state index contributed by atoms with van der Waals surface area (Å²) in [5.41, 5.74) is 3.41. The fourth-order valence-electron chi connectivity index (χ4n) is 2.98. The van der Waals surface area contributed by atoms with E-state index in [0.29, 0.717) is 19.5 Å². The number of halogens is 1. The van der Waals surface area contributed by atoms with Gasteiger partial charge in [0.15, 0.2) is 0 Å². The Balaban J connectivity index is 1.58. The molecule has 0 spiro atoms. The Morgan fingerprint density at radius 2 is 1.82 bits per heavy atom. The Labute approximate surface area is 173 Å². The van der Waals surface area contributed by atoms with Crippen molar-refractivity contribution in [3.63, 3.8) is 0 Å². The van der Waals surface area contributed by atoms with Crippen LogP contribution in [0.2, 0.25) is 5.02 Å². The van der Waals surface area contributed by atoms with Crippen LogP contribution >= 0.6 is 19.9 Å². The lowest BCUT2D eigenvalue weighted by Crippen LogP contribution is -2.16. The van der Waals surface area contributed by atoms with E-state index in [2.05, 4.69) is 45.2 Å². The minimum atomic E-state index is -2.50. The van der Waals surface area contributed by atoms with Gasteiger partial charge in [-0.15, -0.1) is 9.42 Å². The summed E-state index contributed by atoms with van der Waals surface area (Å²) >= 11 is 6.40. The normalized spacial score (nSPS) is 11.6. The summed E-state index contributed by atoms with van der Waals surface area (Å²) in [6, 6.07) is 12.5. The van der Waals surface area contributed by atoms with Crippen LogP contribution in [-0.4, -0.2) is 23.0 Å². The maximum atomic E-state index is 10.4. The van der Waals surface area contributed by atoms with Gasteiger partial charge in [-0.1, -0.05) is 54.8 Å². The Kier molecular flexibility index (Phi) is 11.3. The molecule has 1 aromatic heterocycles. The highest BCUT2D eigenvalue weighted by Crippen LogP contribution is 2.19. The molecule has 1 aromatic carbocycles. The molecule has 0 fully saturated rings. The predicted molar refractivity (Wildman–Crippen MR) is 114 cm³/mol. The highest BCUT2D eigenvalue weighted by Gasteiger charge is 2.10. The lowest BCUT2D eigenvalue weighted by atomic mass is 10.0. The van der Waals surface area contributed by atoms with Gasteiger partial charge in [0.2, 0.25) is 0 Å². The molecular formula is C21H29ClN2O3P+. The van der Waals surface area contributed by atoms with Crippen molar-refractivity contribution in [3.05, 3.63) is 64.4 Å². The lowest BCUT2D eigenvalue weighted by Gasteiger charge is -2.08. The van der Waals surface area contributed by atoms with Crippen molar-refractivity contribution in [2.45, 2.75) is 51.5 Å². The van der Waals surface area contributed by atoms with Crippen LogP contribution in [0.15, 0.2) is 42.6 Å². The third-order valence-electron chi connectivity index (χ3n) is 4.50. The van der Waals surface area contributed by atoms with Crippen molar-refractivity contribution in [2.24, 2.45) is 0 Å². The maximum Gasteiger partial charge on any atom is 0.694 e. The van der Waals surface area contributed by atoms with Crippen molar-refractivity contribution in [3.8, 4) is 0 Å². The van der Waals surface area contributed by atoms with Gasteiger partial charge in [-0.25, -0.2) is 0 Å². The van der Waals surface area contributed by atoms with E-state index < -0.39 is 8.25 Å². The lowest BCUT2D eigenvalue weighted by molar-refractivity contribution is 0.276. The average Bonchev–Trinajstić information content (AvgIpc) is 2.69. The number of nitrogens with one attached hydrogen (secondary N) is 1. The fourth-order valence-corrected chi connectivity index (χ4v) is 3.53. The van der Waals surface area contributed by atoms with E-state index in [4.69, 9.17) is 16.5 Å². The first-order valence-corrected chi connectivity index (χ1v) is 11.3. The van der Waals surface area contributed by atoms with E-state index in [1.54, 1.807) is 0 Å². The minimum absolute atomic E-state index is 0.261. The topological polar surface area (TPSA) is 71.5 Å². The van der Waals surface area contributed by atoms with Gasteiger partial charge in [0, 0.05) is 22.3 Å². The molecule has 1 unspecified atom stereocenters. The third kappa shape index (κ3) is 9.72. The van der Waals surface area contributed by atoms with Crippen LogP contribution in [-0.2, 0) is 28.5 Å². The van der Waals surface area contributed by atoms with Gasteiger partial charge in [-0.2, -0.15) is 0 Å². The number of benzene rings is 1. The monoisotopic (exact) mass is 423 g/mol. The van der Waals surface area contributed by atoms with Crippen LogP contribution in [0.25, 0.3) is 0 Å². The molecule has 1 atom stereocenters. The van der Waals surface area contributed by atoms with E-state index in [0.717, 1.165) is 35.5 Å². The fraction of sp³-hybridized carbons (Fsp3) is 0.476. The SMILES string of the molecule is O=[P+](O)OCCCNCc1cc(Cl)c(CCCCCCc2ccccc2)cn1. The first kappa shape index (κ1) is 22.9. The summed E-state index contributed by atoms with van der Waals surface area (Å²) < 4.78 is 15.0. The van der Waals surface area contributed by atoms with Crippen LogP contribution in [0.5, 0.6) is 0 Å². The Morgan fingerprint density at radius 3 is 2.54 bits per heavy atom. The number of rotatable bonds is 14. The Bertz CT molecular complexity index is 716. The van der Waals surface area contributed by atoms with Gasteiger partial charge in [0.25, 0.3) is 0 Å². The standard InChI is InChI=1S/C21H28ClN2O3P/c22-21-15-20(17-23-13-8-14-27-28(25)26)24-16-19(21)12-7-2-1-4-9-18-10-5-3-6-11-18/h3,5-6,10-11,15-16,23H,1-2,4,7-9,12-14,17H2/p+1. The second-order valence-corrected chi connectivity index (χ2v) is 7.91. The molecule has 2 rings (SSSR count). The number of aromatic nitrogens is 1. The molecule has 0 aliphatic rings. The molecular weight excluding hydrogens is 395 g/mol. The number of pyridine rings is 1. The zero-order valence-corrected chi connectivity index (χ0v) is 17.8. The molecule has 0 aliphatic heterocycles. The summed E-state index contributed by atoms with van der Waals surface area (Å²) in [7, 11) is -2.50. The number of unbranched alkanes of at least 4 members (excludes halogenated alkanes) is 3. The summed E-state index contributed by atoms with van der Waals surface area (Å²) in [6.45, 7) is 1.56. The van der Waals surface area contributed by atoms with Gasteiger partial charge < -0.3 is 5.32 Å². The van der Waals surface area contributed by atoms with E-state index in [1.165, 1.54) is 24.8 Å². The van der Waals surface area contributed by atoms with Crippen LogP contribution in [0.4, 0.5) is 0 Å². The van der Waals surface area contributed by atoms with E-state index in [9.17, 15) is 4.57 Å². The van der Waals surface area contributed by atoms with Gasteiger partial charge in [0.1, 0.15) is 6.61 Å². The van der Waals surface area contributed by atoms with Crippen molar-refractivity contribution < 1.29 is 14.0 Å². The second kappa shape index (κ2) is 13.8. The summed E-state index contributed by atoms with van der Waals surface area (Å²) in [5.74, 6) is 0. The van der Waals surface area contributed by atoms with Crippen molar-refractivity contribution >= 4 is 19.9 Å². The smallest absolute Gasteiger partial charge is 0.311 e. The molecule has 28 heavy (non-hydrogen) atoms. The van der Waals surface area contributed by atoms with Crippen molar-refractivity contribution in [2.75, 3.05) is 13.2 Å². The zero-order chi connectivity index (χ0) is 20.0. The first-order valence-electron chi connectivity index (χ1n) is 9.82. The molecule has 2 N–H and O–H groups in total. The van der Waals surface area contributed by atoms with Crippen LogP contribution in [0.3, 0.4) is 0 Å². The summed E-state index contributed by atoms with van der Waals surface area (Å²) in [5, 5.41) is 4.00. The quantitative estimate of drug-likeness (QED) is 0.321. The zero-order valence-electron chi connectivity index (χ0n) is 16.1. The van der Waals surface area contributed by atoms with Gasteiger partial charge in [-0.05, 0) is 55.8 Å². The molecule has 2 aromatic rings. The molecule has 0 radical (unpaired) electrons. The number of hydrogen-bond donors (Lipinski definition) is 2. The molecule has 0 saturated heterocycles. The number of aryl methyl sites for hydroxylation is 2. The maximum absolute atomic E-state index is 10.4. The van der Waals surface area contributed by atoms with Crippen molar-refractivity contribution in [1.82, 2.24) is 10.3 Å². The van der Waals surface area contributed by atoms with Crippen molar-refractivity contribution in [1.29, 1.82) is 0 Å². The summed E-state index contributed by atoms with van der Waals surface area (Å²) in [6.07, 6.45) is 9.43. The number of nitrogens with zero attached hydrogens (tertiary/aromatic N) is 1. The molecule has 1 heterocycles. The predicted octanol–water partition coefficient (Wildman–Crippen LogP) is 5.23. The highest BCUT2D eigenvalue weighted by molar-refractivity contribution is 7.32. The van der Waals surface area contributed by atoms with Gasteiger partial charge in [-0.3, -0.25) is 4.98 Å². The summed E-state index contributed by atoms with van der Waals surface area (Å²) in [4.78, 5) is 13.0.